The van der Waals surface area contributed by atoms with Crippen LogP contribution in [0.2, 0.25) is 0 Å². The lowest BCUT2D eigenvalue weighted by Gasteiger charge is -1.76. The molecular formula is C2H5BIS. The second-order valence-corrected chi connectivity index (χ2v) is 3.16. The van der Waals surface area contributed by atoms with Gasteiger partial charge in [-0.3, -0.25) is 0 Å². The van der Waals surface area contributed by atoms with Crippen LogP contribution in [0.25, 0.3) is 0 Å². The van der Waals surface area contributed by atoms with Crippen LogP contribution in [0, 0.1) is 0 Å². The molecule has 0 rings (SSSR count). The van der Waals surface area contributed by atoms with Gasteiger partial charge in [0.25, 0.3) is 4.41 Å². The Morgan fingerprint density at radius 3 is 2.60 bits per heavy atom. The number of hydrogen-bond acceptors (Lipinski definition) is 1. The molecule has 0 unspecified atom stereocenters. The molecular weight excluding hydrogens is 194 g/mol. The molecule has 0 heterocycles. The van der Waals surface area contributed by atoms with Gasteiger partial charge in [0.2, 0.25) is 0 Å². The Morgan fingerprint density at radius 2 is 2.60 bits per heavy atom. The van der Waals surface area contributed by atoms with E-state index < -0.39 is 0 Å². The second kappa shape index (κ2) is 5.14. The molecule has 0 nitrogen and oxygen atoms in total. The van der Waals surface area contributed by atoms with Gasteiger partial charge in [0.05, 0.1) is 0 Å². The Bertz CT molecular complexity index is 17.1. The van der Waals surface area contributed by atoms with Crippen molar-refractivity contribution >= 4 is 38.4 Å². The minimum Gasteiger partial charge on any atom is -0.203 e. The molecule has 5 heavy (non-hydrogen) atoms. The average molecular weight is 199 g/mol. The third kappa shape index (κ3) is 5.14. The first kappa shape index (κ1) is 6.14. The molecule has 0 aromatic rings. The molecule has 0 amide bonds. The van der Waals surface area contributed by atoms with Gasteiger partial charge in [-0.1, -0.05) is 6.92 Å². The maximum Gasteiger partial charge on any atom is 0.275 e. The lowest BCUT2D eigenvalue weighted by molar-refractivity contribution is 1.54. The fourth-order valence-corrected chi connectivity index (χ4v) is 1.27. The standard InChI is InChI=1S/C2H5BIS/c1-2-5-3-4/h2H2,1H3. The Kier molecular flexibility index (Phi) is 6.32. The largest absolute Gasteiger partial charge is 0.275 e. The first-order chi connectivity index (χ1) is 2.41. The van der Waals surface area contributed by atoms with Crippen LogP contribution < -0.4 is 0 Å². The van der Waals surface area contributed by atoms with Crippen LogP contribution >= 0.6 is 34.0 Å². The summed E-state index contributed by atoms with van der Waals surface area (Å²) in [5.41, 5.74) is 0. The minimum absolute atomic E-state index is 1.20. The first-order valence-corrected chi connectivity index (χ1v) is 3.74. The summed E-state index contributed by atoms with van der Waals surface area (Å²) in [5.74, 6) is 1.20. The third-order valence-corrected chi connectivity index (χ3v) is 1.77. The maximum absolute atomic E-state index is 2.23. The molecule has 0 atom stereocenters. The summed E-state index contributed by atoms with van der Waals surface area (Å²) >= 11 is 4.05. The molecule has 0 spiro atoms. The number of hydrogen-bond donors (Lipinski definition) is 0. The van der Waals surface area contributed by atoms with E-state index in [9.17, 15) is 0 Å². The lowest BCUT2D eigenvalue weighted by atomic mass is 10.8. The van der Waals surface area contributed by atoms with E-state index in [2.05, 4.69) is 33.7 Å². The van der Waals surface area contributed by atoms with Crippen molar-refractivity contribution < 1.29 is 0 Å². The smallest absolute Gasteiger partial charge is 0.203 e. The zero-order valence-electron chi connectivity index (χ0n) is 3.07. The molecule has 3 heteroatoms. The van der Waals surface area contributed by atoms with E-state index in [1.807, 2.05) is 11.6 Å². The average Bonchev–Trinajstić information content (AvgIpc) is 1.41. The topological polar surface area (TPSA) is 0 Å². The summed E-state index contributed by atoms with van der Waals surface area (Å²) in [5, 5.41) is 0. The third-order valence-electron chi connectivity index (χ3n) is 0.230. The minimum atomic E-state index is 1.20. The van der Waals surface area contributed by atoms with E-state index in [1.165, 1.54) is 5.75 Å². The van der Waals surface area contributed by atoms with E-state index >= 15 is 0 Å². The van der Waals surface area contributed by atoms with Crippen molar-refractivity contribution in [2.24, 2.45) is 0 Å². The molecule has 0 saturated carbocycles. The van der Waals surface area contributed by atoms with Gasteiger partial charge < -0.3 is 0 Å². The summed E-state index contributed by atoms with van der Waals surface area (Å²) in [6, 6.07) is 0. The van der Waals surface area contributed by atoms with Crippen LogP contribution in [-0.4, -0.2) is 10.2 Å². The highest BCUT2D eigenvalue weighted by atomic mass is 127. The van der Waals surface area contributed by atoms with Crippen LogP contribution in [0.15, 0.2) is 0 Å². The van der Waals surface area contributed by atoms with Gasteiger partial charge in [-0.05, 0) is 5.75 Å². The van der Waals surface area contributed by atoms with Crippen LogP contribution in [0.1, 0.15) is 6.92 Å². The predicted octanol–water partition coefficient (Wildman–Crippen LogP) is 1.71. The van der Waals surface area contributed by atoms with Crippen molar-refractivity contribution in [2.75, 3.05) is 5.75 Å². The number of halogens is 1. The Balaban J connectivity index is 2.19. The predicted molar refractivity (Wildman–Crippen MR) is 37.9 cm³/mol. The van der Waals surface area contributed by atoms with E-state index in [4.69, 9.17) is 0 Å². The highest BCUT2D eigenvalue weighted by Gasteiger charge is 1.73. The molecule has 0 aromatic heterocycles. The van der Waals surface area contributed by atoms with Crippen molar-refractivity contribution in [1.29, 1.82) is 0 Å². The van der Waals surface area contributed by atoms with Crippen molar-refractivity contribution in [3.05, 3.63) is 0 Å². The highest BCUT2D eigenvalue weighted by molar-refractivity contribution is 14.1. The van der Waals surface area contributed by atoms with Gasteiger partial charge in [0.15, 0.2) is 0 Å². The Hall–Kier alpha value is 1.14. The Labute approximate surface area is 51.1 Å². The van der Waals surface area contributed by atoms with Crippen molar-refractivity contribution in [3.8, 4) is 0 Å². The quantitative estimate of drug-likeness (QED) is 0.481. The Morgan fingerprint density at radius 1 is 2.00 bits per heavy atom. The SMILES string of the molecule is CCS[B]I. The van der Waals surface area contributed by atoms with Crippen LogP contribution in [0.4, 0.5) is 0 Å². The van der Waals surface area contributed by atoms with Gasteiger partial charge in [-0.25, -0.2) is 11.6 Å². The van der Waals surface area contributed by atoms with E-state index in [0.717, 1.165) is 0 Å². The van der Waals surface area contributed by atoms with Gasteiger partial charge in [-0.2, -0.15) is 0 Å². The van der Waals surface area contributed by atoms with Gasteiger partial charge >= 0.3 is 0 Å². The lowest BCUT2D eigenvalue weighted by Crippen LogP contribution is -1.64. The summed E-state index contributed by atoms with van der Waals surface area (Å²) in [7, 11) is 0. The van der Waals surface area contributed by atoms with Gasteiger partial charge in [-0.15, -0.1) is 22.4 Å². The van der Waals surface area contributed by atoms with Crippen molar-refractivity contribution in [1.82, 2.24) is 0 Å². The summed E-state index contributed by atoms with van der Waals surface area (Å²) in [6.07, 6.45) is 0. The molecule has 0 aromatic carbocycles. The molecule has 0 fully saturated rings. The summed E-state index contributed by atoms with van der Waals surface area (Å²) in [6.45, 7) is 2.14. The van der Waals surface area contributed by atoms with Crippen LogP contribution in [-0.2, 0) is 0 Å². The molecule has 0 aliphatic carbocycles. The monoisotopic (exact) mass is 199 g/mol. The number of rotatable bonds is 2. The molecule has 0 bridgehead atoms. The fourth-order valence-electron chi connectivity index (χ4n) is 0.0630. The summed E-state index contributed by atoms with van der Waals surface area (Å²) < 4.78 is 2.07. The zero-order chi connectivity index (χ0) is 4.12. The molecule has 29 valence electrons. The van der Waals surface area contributed by atoms with E-state index in [1.54, 1.807) is 0 Å². The highest BCUT2D eigenvalue weighted by Crippen LogP contribution is 1.97. The van der Waals surface area contributed by atoms with Crippen molar-refractivity contribution in [2.45, 2.75) is 6.92 Å². The molecule has 0 N–H and O–H groups in total. The summed E-state index contributed by atoms with van der Waals surface area (Å²) in [4.78, 5) is 0. The maximum atomic E-state index is 2.23. The van der Waals surface area contributed by atoms with Gasteiger partial charge in [0, 0.05) is 0 Å². The van der Waals surface area contributed by atoms with Crippen LogP contribution in [0.3, 0.4) is 0 Å². The molecule has 1 radical (unpaired) electrons. The molecule has 0 aliphatic rings. The zero-order valence-corrected chi connectivity index (χ0v) is 6.04. The molecule has 0 aliphatic heterocycles. The van der Waals surface area contributed by atoms with Gasteiger partial charge in [0.1, 0.15) is 0 Å². The second-order valence-electron chi connectivity index (χ2n) is 0.544. The fraction of sp³-hybridized carbons (Fsp3) is 1.00. The first-order valence-electron chi connectivity index (χ1n) is 1.45. The normalized spacial score (nSPS) is 7.60. The van der Waals surface area contributed by atoms with E-state index in [-0.39, 0.29) is 0 Å². The van der Waals surface area contributed by atoms with E-state index in [0.29, 0.717) is 0 Å². The van der Waals surface area contributed by atoms with Crippen molar-refractivity contribution in [3.63, 3.8) is 0 Å². The molecule has 0 saturated heterocycles. The van der Waals surface area contributed by atoms with Crippen LogP contribution in [0.5, 0.6) is 0 Å².